The molecule has 72 valence electrons. The molecule has 0 aliphatic heterocycles. The molecule has 0 saturated carbocycles. The summed E-state index contributed by atoms with van der Waals surface area (Å²) < 4.78 is 2.06. The van der Waals surface area contributed by atoms with Gasteiger partial charge in [0.05, 0.1) is 0 Å². The minimum absolute atomic E-state index is 0. The molecule has 0 N–H and O–H groups in total. The van der Waals surface area contributed by atoms with E-state index in [1.165, 1.54) is 5.56 Å². The fourth-order valence-corrected chi connectivity index (χ4v) is 1.61. The highest BCUT2D eigenvalue weighted by Crippen LogP contribution is 2.08. The lowest BCUT2D eigenvalue weighted by Gasteiger charge is -1.94. The second-order valence-electron chi connectivity index (χ2n) is 2.87. The van der Waals surface area contributed by atoms with Crippen LogP contribution in [-0.2, 0) is 5.75 Å². The third-order valence-electron chi connectivity index (χ3n) is 1.38. The molecule has 0 fully saturated rings. The Bertz CT molecular complexity index is 255. The third kappa shape index (κ3) is 5.72. The summed E-state index contributed by atoms with van der Waals surface area (Å²) >= 11 is 1.82. The number of halogens is 1. The number of hydrogen-bond acceptors (Lipinski definition) is 1. The van der Waals surface area contributed by atoms with Crippen molar-refractivity contribution in [2.45, 2.75) is 5.75 Å². The molecule has 0 aliphatic rings. The van der Waals surface area contributed by atoms with Crippen LogP contribution in [0.3, 0.4) is 0 Å². The van der Waals surface area contributed by atoms with Crippen molar-refractivity contribution in [3.8, 4) is 0 Å². The highest BCUT2D eigenvalue weighted by atomic mass is 35.5. The first-order valence-corrected chi connectivity index (χ1v) is 4.99. The third-order valence-corrected chi connectivity index (χ3v) is 2.45. The van der Waals surface area contributed by atoms with Gasteiger partial charge < -0.3 is 12.4 Å². The molecule has 0 spiro atoms. The van der Waals surface area contributed by atoms with Crippen molar-refractivity contribution in [3.63, 3.8) is 0 Å². The van der Waals surface area contributed by atoms with Gasteiger partial charge in [0.25, 0.3) is 0 Å². The number of benzene rings is 1. The largest absolute Gasteiger partial charge is 1.00 e. The van der Waals surface area contributed by atoms with Crippen LogP contribution in [0.25, 0.3) is 0 Å². The molecule has 0 heterocycles. The van der Waals surface area contributed by atoms with Gasteiger partial charge in [-0.25, -0.2) is 4.58 Å². The molecule has 0 saturated heterocycles. The van der Waals surface area contributed by atoms with Crippen molar-refractivity contribution in [2.75, 3.05) is 14.1 Å². The summed E-state index contributed by atoms with van der Waals surface area (Å²) in [4.78, 5) is 0. The van der Waals surface area contributed by atoms with E-state index in [9.17, 15) is 0 Å². The van der Waals surface area contributed by atoms with Gasteiger partial charge >= 0.3 is 0 Å². The molecule has 1 aromatic carbocycles. The molecule has 0 atom stereocenters. The Balaban J connectivity index is 0.00000144. The molecule has 0 amide bonds. The maximum atomic E-state index is 2.15. The molecule has 13 heavy (non-hydrogen) atoms. The minimum Gasteiger partial charge on any atom is -1.00 e. The summed E-state index contributed by atoms with van der Waals surface area (Å²) in [5.41, 5.74) is 3.49. The highest BCUT2D eigenvalue weighted by Gasteiger charge is 1.91. The van der Waals surface area contributed by atoms with E-state index in [1.807, 2.05) is 31.9 Å². The van der Waals surface area contributed by atoms with Crippen molar-refractivity contribution < 1.29 is 17.0 Å². The van der Waals surface area contributed by atoms with Gasteiger partial charge in [-0.05, 0) is 5.56 Å². The quantitative estimate of drug-likeness (QED) is 0.364. The molecule has 0 unspecified atom stereocenters. The number of rotatable bonds is 3. The smallest absolute Gasteiger partial charge is 0.197 e. The van der Waals surface area contributed by atoms with E-state index in [2.05, 4.69) is 34.4 Å². The average Bonchev–Trinajstić information content (AvgIpc) is 2.05. The summed E-state index contributed by atoms with van der Waals surface area (Å²) in [7, 11) is 4.08. The Morgan fingerprint density at radius 2 is 1.85 bits per heavy atom. The summed E-state index contributed by atoms with van der Waals surface area (Å²) in [6, 6.07) is 10.5. The highest BCUT2D eigenvalue weighted by molar-refractivity contribution is 8.11. The van der Waals surface area contributed by atoms with E-state index in [0.717, 1.165) is 5.75 Å². The zero-order chi connectivity index (χ0) is 8.81. The van der Waals surface area contributed by atoms with Crippen LogP contribution in [-0.4, -0.2) is 24.2 Å². The van der Waals surface area contributed by atoms with Gasteiger partial charge in [-0.2, -0.15) is 0 Å². The number of thioether (sulfide) groups is 1. The van der Waals surface area contributed by atoms with Crippen LogP contribution in [0.5, 0.6) is 0 Å². The van der Waals surface area contributed by atoms with Crippen molar-refractivity contribution in [1.29, 1.82) is 0 Å². The Hall–Kier alpha value is -0.470. The molecule has 1 rings (SSSR count). The molecule has 0 radical (unpaired) electrons. The zero-order valence-corrected chi connectivity index (χ0v) is 9.48. The Kier molecular flexibility index (Phi) is 6.73. The fourth-order valence-electron chi connectivity index (χ4n) is 0.857. The average molecular weight is 216 g/mol. The normalized spacial score (nSPS) is 8.77. The first-order valence-electron chi connectivity index (χ1n) is 3.94. The summed E-state index contributed by atoms with van der Waals surface area (Å²) in [6.45, 7) is 0. The maximum Gasteiger partial charge on any atom is 0.197 e. The molecular formula is C10H14ClNS. The van der Waals surface area contributed by atoms with Gasteiger partial charge in [0.2, 0.25) is 0 Å². The molecule has 0 aromatic heterocycles. The van der Waals surface area contributed by atoms with E-state index in [4.69, 9.17) is 0 Å². The Morgan fingerprint density at radius 3 is 2.38 bits per heavy atom. The number of nitrogens with zero attached hydrogens (tertiary/aromatic N) is 1. The summed E-state index contributed by atoms with van der Waals surface area (Å²) in [5.74, 6) is 1.05. The molecular weight excluding hydrogens is 202 g/mol. The van der Waals surface area contributed by atoms with E-state index in [0.29, 0.717) is 0 Å². The molecule has 1 nitrogen and oxygen atoms in total. The lowest BCUT2D eigenvalue weighted by atomic mass is 10.2. The van der Waals surface area contributed by atoms with Crippen molar-refractivity contribution in [1.82, 2.24) is 0 Å². The van der Waals surface area contributed by atoms with E-state index in [-0.39, 0.29) is 12.4 Å². The molecule has 1 aromatic rings. The van der Waals surface area contributed by atoms with Crippen LogP contribution in [0.4, 0.5) is 0 Å². The van der Waals surface area contributed by atoms with E-state index >= 15 is 0 Å². The standard InChI is InChI=1S/C10H14NS.ClH/c1-11(2)9-12-8-10-6-4-3-5-7-10;/h3-7,9H,8H2,1-2H3;1H/q+1;/p-1. The van der Waals surface area contributed by atoms with Crippen molar-refractivity contribution >= 4 is 17.3 Å². The van der Waals surface area contributed by atoms with E-state index < -0.39 is 0 Å². The van der Waals surface area contributed by atoms with Crippen LogP contribution < -0.4 is 12.4 Å². The maximum absolute atomic E-state index is 2.15. The van der Waals surface area contributed by atoms with Crippen molar-refractivity contribution in [3.05, 3.63) is 35.9 Å². The Morgan fingerprint density at radius 1 is 1.23 bits per heavy atom. The summed E-state index contributed by atoms with van der Waals surface area (Å²) in [6.07, 6.45) is 0. The number of hydrogen-bond donors (Lipinski definition) is 0. The van der Waals surface area contributed by atoms with Crippen LogP contribution in [0.2, 0.25) is 0 Å². The second kappa shape index (κ2) is 6.98. The van der Waals surface area contributed by atoms with Gasteiger partial charge in [-0.3, -0.25) is 0 Å². The lowest BCUT2D eigenvalue weighted by molar-refractivity contribution is -0.456. The topological polar surface area (TPSA) is 3.01 Å². The zero-order valence-electron chi connectivity index (χ0n) is 7.90. The van der Waals surface area contributed by atoms with Crippen LogP contribution >= 0.6 is 11.8 Å². The van der Waals surface area contributed by atoms with Crippen molar-refractivity contribution in [2.24, 2.45) is 0 Å². The predicted octanol–water partition coefficient (Wildman–Crippen LogP) is -0.776. The Labute approximate surface area is 90.3 Å². The summed E-state index contributed by atoms with van der Waals surface area (Å²) in [5, 5.41) is 0. The van der Waals surface area contributed by atoms with Gasteiger partial charge in [-0.1, -0.05) is 42.1 Å². The monoisotopic (exact) mass is 215 g/mol. The molecule has 0 bridgehead atoms. The van der Waals surface area contributed by atoms with Crippen LogP contribution in [0.1, 0.15) is 5.56 Å². The van der Waals surface area contributed by atoms with Gasteiger partial charge in [-0.15, -0.1) is 0 Å². The lowest BCUT2D eigenvalue weighted by Crippen LogP contribution is -3.00. The molecule has 0 aliphatic carbocycles. The first-order chi connectivity index (χ1) is 5.79. The first kappa shape index (κ1) is 12.5. The van der Waals surface area contributed by atoms with Gasteiger partial charge in [0, 0.05) is 5.75 Å². The van der Waals surface area contributed by atoms with Gasteiger partial charge in [0.15, 0.2) is 5.55 Å². The van der Waals surface area contributed by atoms with Crippen LogP contribution in [0.15, 0.2) is 30.3 Å². The SMILES string of the molecule is C[N+](C)=CSCc1ccccc1.[Cl-]. The fraction of sp³-hybridized carbons (Fsp3) is 0.300. The van der Waals surface area contributed by atoms with Crippen LogP contribution in [0, 0.1) is 0 Å². The van der Waals surface area contributed by atoms with E-state index in [1.54, 1.807) is 0 Å². The minimum atomic E-state index is 0. The predicted molar refractivity (Wildman–Crippen MR) is 55.9 cm³/mol. The molecule has 3 heteroatoms. The second-order valence-corrected chi connectivity index (χ2v) is 3.70. The van der Waals surface area contributed by atoms with Gasteiger partial charge in [0.1, 0.15) is 14.1 Å².